The van der Waals surface area contributed by atoms with E-state index in [1.54, 1.807) is 4.90 Å². The lowest BCUT2D eigenvalue weighted by molar-refractivity contribution is -0.0713. The number of hydrogen-bond acceptors (Lipinski definition) is 4. The number of carbonyl (C=O) groups is 1. The summed E-state index contributed by atoms with van der Waals surface area (Å²) in [7, 11) is 0. The van der Waals surface area contributed by atoms with Gasteiger partial charge in [0.05, 0.1) is 12.7 Å². The minimum atomic E-state index is -0.693. The lowest BCUT2D eigenvalue weighted by Gasteiger charge is -2.44. The Hall–Kier alpha value is -2.37. The Bertz CT molecular complexity index is 859. The second-order valence-electron chi connectivity index (χ2n) is 8.46. The highest BCUT2D eigenvalue weighted by Gasteiger charge is 2.42. The fourth-order valence-corrected chi connectivity index (χ4v) is 4.79. The molecule has 1 saturated heterocycles. The molecule has 154 valence electrons. The lowest BCUT2D eigenvalue weighted by Crippen LogP contribution is -2.54. The zero-order chi connectivity index (χ0) is 20.4. The van der Waals surface area contributed by atoms with Gasteiger partial charge in [-0.25, -0.2) is 0 Å². The highest BCUT2D eigenvalue weighted by atomic mass is 16.3. The first-order valence-corrected chi connectivity index (χ1v) is 10.6. The summed E-state index contributed by atoms with van der Waals surface area (Å²) in [6.07, 6.45) is 1.62. The first-order valence-electron chi connectivity index (χ1n) is 10.6. The van der Waals surface area contributed by atoms with Crippen molar-refractivity contribution in [2.75, 3.05) is 24.6 Å². The minimum Gasteiger partial charge on any atom is -0.396 e. The van der Waals surface area contributed by atoms with Crippen LogP contribution < -0.4 is 4.90 Å². The molecule has 5 nitrogen and oxygen atoms in total. The van der Waals surface area contributed by atoms with Crippen molar-refractivity contribution in [1.29, 1.82) is 0 Å². The van der Waals surface area contributed by atoms with Gasteiger partial charge in [0.15, 0.2) is 0 Å². The summed E-state index contributed by atoms with van der Waals surface area (Å²) in [5.74, 6) is -0.0503. The maximum Gasteiger partial charge on any atom is 0.254 e. The maximum absolute atomic E-state index is 13.1. The topological polar surface area (TPSA) is 64.0 Å². The van der Waals surface area contributed by atoms with Crippen molar-refractivity contribution in [3.63, 3.8) is 0 Å². The van der Waals surface area contributed by atoms with Crippen LogP contribution in [0.2, 0.25) is 0 Å². The number of hydrogen-bond donors (Lipinski definition) is 2. The van der Waals surface area contributed by atoms with E-state index in [1.165, 1.54) is 11.1 Å². The van der Waals surface area contributed by atoms with Crippen molar-refractivity contribution < 1.29 is 15.0 Å². The van der Waals surface area contributed by atoms with E-state index in [1.807, 2.05) is 24.3 Å². The molecule has 1 amide bonds. The van der Waals surface area contributed by atoms with Gasteiger partial charge in [-0.3, -0.25) is 4.79 Å². The van der Waals surface area contributed by atoms with Gasteiger partial charge in [-0.2, -0.15) is 0 Å². The number of likely N-dealkylation sites (tertiary alicyclic amines) is 1. The fourth-order valence-electron chi connectivity index (χ4n) is 4.79. The van der Waals surface area contributed by atoms with E-state index in [2.05, 4.69) is 36.1 Å². The van der Waals surface area contributed by atoms with Crippen LogP contribution in [-0.2, 0) is 13.1 Å². The molecule has 0 unspecified atom stereocenters. The SMILES string of the molecule is CCC[C@]1(CO)CCN(C(=O)c2cccc(N3Cc4ccccc4C3)c2)C[C@H]1O. The molecule has 0 bridgehead atoms. The van der Waals surface area contributed by atoms with Crippen LogP contribution in [0, 0.1) is 5.41 Å². The zero-order valence-corrected chi connectivity index (χ0v) is 17.1. The maximum atomic E-state index is 13.1. The third-order valence-electron chi connectivity index (χ3n) is 6.63. The molecule has 5 heteroatoms. The van der Waals surface area contributed by atoms with Crippen molar-refractivity contribution in [3.05, 3.63) is 65.2 Å². The quantitative estimate of drug-likeness (QED) is 0.818. The fraction of sp³-hybridized carbons (Fsp3) is 0.458. The number of nitrogens with zero attached hydrogens (tertiary/aromatic N) is 2. The number of anilines is 1. The summed E-state index contributed by atoms with van der Waals surface area (Å²) in [5, 5.41) is 20.5. The van der Waals surface area contributed by atoms with Gasteiger partial charge in [0, 0.05) is 42.8 Å². The summed E-state index contributed by atoms with van der Waals surface area (Å²) < 4.78 is 0. The van der Waals surface area contributed by atoms with E-state index in [4.69, 9.17) is 0 Å². The Labute approximate surface area is 172 Å². The Morgan fingerprint density at radius 1 is 1.14 bits per heavy atom. The first-order chi connectivity index (χ1) is 14.1. The number of aliphatic hydroxyl groups excluding tert-OH is 2. The van der Waals surface area contributed by atoms with Crippen molar-refractivity contribution in [2.45, 2.75) is 45.4 Å². The highest BCUT2D eigenvalue weighted by Crippen LogP contribution is 2.36. The van der Waals surface area contributed by atoms with Crippen LogP contribution in [0.25, 0.3) is 0 Å². The lowest BCUT2D eigenvalue weighted by atomic mass is 9.73. The van der Waals surface area contributed by atoms with Crippen molar-refractivity contribution in [1.82, 2.24) is 4.90 Å². The molecule has 29 heavy (non-hydrogen) atoms. The van der Waals surface area contributed by atoms with Crippen LogP contribution in [0.5, 0.6) is 0 Å². The molecule has 2 aliphatic rings. The predicted octanol–water partition coefficient (Wildman–Crippen LogP) is 3.19. The third kappa shape index (κ3) is 3.77. The number of rotatable bonds is 5. The standard InChI is InChI=1S/C24H30N2O3/c1-2-10-24(17-27)11-12-25(16-22(24)28)23(29)18-8-5-9-21(13-18)26-14-19-6-3-4-7-20(19)15-26/h3-9,13,22,27-28H,2,10-12,14-17H2,1H3/t22-,24-/m1/s1. The van der Waals surface area contributed by atoms with Crippen LogP contribution in [0.1, 0.15) is 47.7 Å². The molecule has 4 rings (SSSR count). The molecule has 2 aliphatic heterocycles. The van der Waals surface area contributed by atoms with E-state index < -0.39 is 11.5 Å². The van der Waals surface area contributed by atoms with Crippen LogP contribution in [-0.4, -0.2) is 46.8 Å². The minimum absolute atomic E-state index is 0.0327. The Morgan fingerprint density at radius 2 is 1.86 bits per heavy atom. The van der Waals surface area contributed by atoms with E-state index in [-0.39, 0.29) is 19.1 Å². The second kappa shape index (κ2) is 8.17. The van der Waals surface area contributed by atoms with Gasteiger partial charge in [-0.05, 0) is 42.2 Å². The van der Waals surface area contributed by atoms with Crippen molar-refractivity contribution >= 4 is 11.6 Å². The number of aliphatic hydroxyl groups is 2. The number of fused-ring (bicyclic) bond motifs is 1. The molecule has 1 fully saturated rings. The summed E-state index contributed by atoms with van der Waals surface area (Å²) in [6, 6.07) is 16.2. The monoisotopic (exact) mass is 394 g/mol. The first kappa shape index (κ1) is 19.9. The molecule has 0 aromatic heterocycles. The number of amides is 1. The molecule has 0 saturated carbocycles. The molecule has 2 atom stereocenters. The molecule has 2 N–H and O–H groups in total. The molecular formula is C24H30N2O3. The smallest absolute Gasteiger partial charge is 0.254 e. The zero-order valence-electron chi connectivity index (χ0n) is 17.1. The Balaban J connectivity index is 1.47. The molecule has 0 aliphatic carbocycles. The molecule has 0 spiro atoms. The van der Waals surface area contributed by atoms with Crippen LogP contribution in [0.3, 0.4) is 0 Å². The van der Waals surface area contributed by atoms with Gasteiger partial charge in [-0.15, -0.1) is 0 Å². The van der Waals surface area contributed by atoms with Gasteiger partial charge in [0.2, 0.25) is 0 Å². The Morgan fingerprint density at radius 3 is 2.48 bits per heavy atom. The van der Waals surface area contributed by atoms with E-state index >= 15 is 0 Å². The molecule has 2 heterocycles. The average molecular weight is 395 g/mol. The van der Waals surface area contributed by atoms with Gasteiger partial charge < -0.3 is 20.0 Å². The Kier molecular flexibility index (Phi) is 5.61. The van der Waals surface area contributed by atoms with Crippen LogP contribution in [0.15, 0.2) is 48.5 Å². The van der Waals surface area contributed by atoms with Gasteiger partial charge in [-0.1, -0.05) is 43.7 Å². The molecule has 2 aromatic rings. The van der Waals surface area contributed by atoms with E-state index in [0.717, 1.165) is 31.6 Å². The molecule has 0 radical (unpaired) electrons. The highest BCUT2D eigenvalue weighted by molar-refractivity contribution is 5.95. The largest absolute Gasteiger partial charge is 0.396 e. The normalized spacial score (nSPS) is 23.9. The number of carbonyl (C=O) groups excluding carboxylic acids is 1. The van der Waals surface area contributed by atoms with E-state index in [9.17, 15) is 15.0 Å². The number of β-amino-alcohol motifs (C(OH)–C–C–N with tert-alkyl or cyclic N) is 1. The number of benzene rings is 2. The third-order valence-corrected chi connectivity index (χ3v) is 6.63. The van der Waals surface area contributed by atoms with E-state index in [0.29, 0.717) is 18.5 Å². The van der Waals surface area contributed by atoms with Crippen LogP contribution >= 0.6 is 0 Å². The average Bonchev–Trinajstić information content (AvgIpc) is 3.19. The molecular weight excluding hydrogens is 364 g/mol. The van der Waals surface area contributed by atoms with Gasteiger partial charge >= 0.3 is 0 Å². The molecule has 2 aromatic carbocycles. The van der Waals surface area contributed by atoms with Crippen molar-refractivity contribution in [3.8, 4) is 0 Å². The summed E-state index contributed by atoms with van der Waals surface area (Å²) in [6.45, 7) is 4.58. The summed E-state index contributed by atoms with van der Waals surface area (Å²) >= 11 is 0. The predicted molar refractivity (Wildman–Crippen MR) is 114 cm³/mol. The van der Waals surface area contributed by atoms with Crippen LogP contribution in [0.4, 0.5) is 5.69 Å². The summed E-state index contributed by atoms with van der Waals surface area (Å²) in [5.41, 5.74) is 3.88. The number of piperidine rings is 1. The van der Waals surface area contributed by atoms with Gasteiger partial charge in [0.25, 0.3) is 5.91 Å². The van der Waals surface area contributed by atoms with Crippen molar-refractivity contribution in [2.24, 2.45) is 5.41 Å². The summed E-state index contributed by atoms with van der Waals surface area (Å²) in [4.78, 5) is 17.1. The second-order valence-corrected chi connectivity index (χ2v) is 8.46. The van der Waals surface area contributed by atoms with Gasteiger partial charge in [0.1, 0.15) is 0 Å².